The molecule has 0 radical (unpaired) electrons. The topological polar surface area (TPSA) is 101 Å². The summed E-state index contributed by atoms with van der Waals surface area (Å²) in [5.41, 5.74) is 3.60. The number of benzene rings is 3. The van der Waals surface area contributed by atoms with Gasteiger partial charge in [0, 0.05) is 5.56 Å². The molecule has 4 aromatic rings. The van der Waals surface area contributed by atoms with E-state index < -0.39 is 5.97 Å². The smallest absolute Gasteiger partial charge is 0.344 e. The van der Waals surface area contributed by atoms with Gasteiger partial charge in [-0.05, 0) is 103 Å². The molecular weight excluding hydrogens is 614 g/mol. The Morgan fingerprint density at radius 1 is 1.07 bits per heavy atom. The van der Waals surface area contributed by atoms with Crippen molar-refractivity contribution >= 4 is 39.0 Å². The van der Waals surface area contributed by atoms with E-state index in [2.05, 4.69) is 34.9 Å². The number of ether oxygens (including phenoxy) is 4. The number of para-hydroxylation sites is 1. The second-order valence-electron chi connectivity index (χ2n) is 10.5. The Balaban J connectivity index is 1.82. The summed E-state index contributed by atoms with van der Waals surface area (Å²) in [6.45, 7) is 11.9. The lowest BCUT2D eigenvalue weighted by Gasteiger charge is -2.18. The number of esters is 1. The summed E-state index contributed by atoms with van der Waals surface area (Å²) in [6, 6.07) is 14.7. The van der Waals surface area contributed by atoms with Crippen LogP contribution in [0.4, 0.5) is 0 Å². The summed E-state index contributed by atoms with van der Waals surface area (Å²) in [5, 5.41) is 5.07. The van der Waals surface area contributed by atoms with Crippen LogP contribution in [0.15, 0.2) is 62.9 Å². The molecule has 3 aromatic carbocycles. The van der Waals surface area contributed by atoms with Gasteiger partial charge in [0.1, 0.15) is 5.75 Å². The van der Waals surface area contributed by atoms with Gasteiger partial charge in [-0.25, -0.2) is 9.78 Å². The van der Waals surface area contributed by atoms with Gasteiger partial charge in [-0.1, -0.05) is 26.0 Å². The van der Waals surface area contributed by atoms with Gasteiger partial charge in [-0.3, -0.25) is 4.79 Å². The molecule has 0 aliphatic carbocycles. The SMILES string of the molecule is CCOc1cc(C)c(-c2nc3ccccc3c(=O)n2N=Cc2cc(Br)c(OCC(=O)OC(C)C)c(OC)c2)cc1C(C)C. The van der Waals surface area contributed by atoms with E-state index >= 15 is 0 Å². The van der Waals surface area contributed by atoms with Crippen LogP contribution in [0.25, 0.3) is 22.3 Å². The van der Waals surface area contributed by atoms with Crippen molar-refractivity contribution in [2.24, 2.45) is 5.10 Å². The predicted molar refractivity (Wildman–Crippen MR) is 172 cm³/mol. The Labute approximate surface area is 259 Å². The van der Waals surface area contributed by atoms with Crippen LogP contribution in [0, 0.1) is 6.92 Å². The first kappa shape index (κ1) is 31.7. The maximum absolute atomic E-state index is 13.8. The average molecular weight is 651 g/mol. The summed E-state index contributed by atoms with van der Waals surface area (Å²) in [5.74, 6) is 1.64. The van der Waals surface area contributed by atoms with E-state index in [4.69, 9.17) is 23.9 Å². The molecule has 43 heavy (non-hydrogen) atoms. The highest BCUT2D eigenvalue weighted by Crippen LogP contribution is 2.37. The second-order valence-corrected chi connectivity index (χ2v) is 11.3. The molecule has 0 spiro atoms. The third-order valence-corrected chi connectivity index (χ3v) is 7.14. The number of carbonyl (C=O) groups excluding carboxylic acids is 1. The number of hydrogen-bond acceptors (Lipinski definition) is 8. The summed E-state index contributed by atoms with van der Waals surface area (Å²) in [6.07, 6.45) is 1.31. The minimum absolute atomic E-state index is 0.183. The lowest BCUT2D eigenvalue weighted by atomic mass is 9.96. The number of hydrogen-bond donors (Lipinski definition) is 0. The first-order chi connectivity index (χ1) is 20.5. The fourth-order valence-corrected chi connectivity index (χ4v) is 5.16. The molecule has 0 amide bonds. The van der Waals surface area contributed by atoms with Crippen molar-refractivity contribution in [3.8, 4) is 28.6 Å². The molecule has 0 unspecified atom stereocenters. The highest BCUT2D eigenvalue weighted by molar-refractivity contribution is 9.10. The van der Waals surface area contributed by atoms with E-state index in [0.717, 1.165) is 22.4 Å². The number of aryl methyl sites for hydroxylation is 1. The monoisotopic (exact) mass is 649 g/mol. The standard InChI is InChI=1S/C33H36BrN3O6/c1-8-41-28-13-21(6)25(16-24(28)19(2)3)32-36-27-12-10-9-11-23(27)33(39)37(32)35-17-22-14-26(34)31(29(15-22)40-7)42-18-30(38)43-20(4)5/h9-17,19-20H,8,18H2,1-7H3. The second kappa shape index (κ2) is 13.9. The molecule has 9 nitrogen and oxygen atoms in total. The van der Waals surface area contributed by atoms with Crippen LogP contribution in [0.1, 0.15) is 57.2 Å². The highest BCUT2D eigenvalue weighted by Gasteiger charge is 2.19. The quantitative estimate of drug-likeness (QED) is 0.129. The van der Waals surface area contributed by atoms with Gasteiger partial charge in [0.25, 0.3) is 5.56 Å². The van der Waals surface area contributed by atoms with Crippen molar-refractivity contribution in [3.63, 3.8) is 0 Å². The van der Waals surface area contributed by atoms with Crippen molar-refractivity contribution in [1.82, 2.24) is 9.66 Å². The first-order valence-electron chi connectivity index (χ1n) is 14.1. The third-order valence-electron chi connectivity index (χ3n) is 6.55. The van der Waals surface area contributed by atoms with Crippen LogP contribution in [-0.4, -0.2) is 48.3 Å². The first-order valence-corrected chi connectivity index (χ1v) is 14.9. The number of fused-ring (bicyclic) bond motifs is 1. The maximum atomic E-state index is 13.8. The molecule has 226 valence electrons. The summed E-state index contributed by atoms with van der Waals surface area (Å²) >= 11 is 3.50. The number of rotatable bonds is 11. The van der Waals surface area contributed by atoms with Crippen molar-refractivity contribution in [2.75, 3.05) is 20.3 Å². The third kappa shape index (κ3) is 7.25. The average Bonchev–Trinajstić information content (AvgIpc) is 2.95. The zero-order valence-corrected chi connectivity index (χ0v) is 27.0. The van der Waals surface area contributed by atoms with E-state index in [-0.39, 0.29) is 24.2 Å². The maximum Gasteiger partial charge on any atom is 0.344 e. The zero-order valence-electron chi connectivity index (χ0n) is 25.4. The van der Waals surface area contributed by atoms with Gasteiger partial charge in [-0.2, -0.15) is 9.78 Å². The largest absolute Gasteiger partial charge is 0.494 e. The summed E-state index contributed by atoms with van der Waals surface area (Å²) in [7, 11) is 1.50. The number of halogens is 1. The zero-order chi connectivity index (χ0) is 31.3. The molecule has 0 saturated heterocycles. The number of aromatic nitrogens is 2. The minimum Gasteiger partial charge on any atom is -0.494 e. The lowest BCUT2D eigenvalue weighted by Crippen LogP contribution is -2.21. The Hall–Kier alpha value is -4.18. The molecule has 0 atom stereocenters. The number of methoxy groups -OCH3 is 1. The van der Waals surface area contributed by atoms with Gasteiger partial charge >= 0.3 is 5.97 Å². The van der Waals surface area contributed by atoms with Crippen molar-refractivity contribution in [2.45, 2.75) is 53.6 Å². The minimum atomic E-state index is -0.490. The van der Waals surface area contributed by atoms with Crippen LogP contribution in [0.3, 0.4) is 0 Å². The Morgan fingerprint density at radius 3 is 2.49 bits per heavy atom. The molecule has 0 N–H and O–H groups in total. The van der Waals surface area contributed by atoms with Crippen LogP contribution in [0.2, 0.25) is 0 Å². The van der Waals surface area contributed by atoms with Crippen LogP contribution in [-0.2, 0) is 9.53 Å². The fraction of sp³-hybridized carbons (Fsp3) is 0.333. The number of carbonyl (C=O) groups is 1. The molecule has 10 heteroatoms. The molecular formula is C33H36BrN3O6. The predicted octanol–water partition coefficient (Wildman–Crippen LogP) is 6.88. The van der Waals surface area contributed by atoms with Crippen LogP contribution >= 0.6 is 15.9 Å². The molecule has 0 saturated carbocycles. The molecule has 0 aliphatic heterocycles. The van der Waals surface area contributed by atoms with Gasteiger partial charge in [-0.15, -0.1) is 0 Å². The molecule has 0 bridgehead atoms. The van der Waals surface area contributed by atoms with E-state index in [9.17, 15) is 9.59 Å². The summed E-state index contributed by atoms with van der Waals surface area (Å²) in [4.78, 5) is 30.7. The van der Waals surface area contributed by atoms with Gasteiger partial charge < -0.3 is 18.9 Å². The molecule has 1 heterocycles. The van der Waals surface area contributed by atoms with E-state index in [1.807, 2.05) is 38.1 Å². The molecule has 0 fully saturated rings. The van der Waals surface area contributed by atoms with Crippen LogP contribution < -0.4 is 19.8 Å². The molecule has 1 aromatic heterocycles. The van der Waals surface area contributed by atoms with Gasteiger partial charge in [0.2, 0.25) is 0 Å². The Kier molecular flexibility index (Phi) is 10.2. The van der Waals surface area contributed by atoms with Gasteiger partial charge in [0.05, 0.1) is 41.4 Å². The highest BCUT2D eigenvalue weighted by atomic mass is 79.9. The Bertz CT molecular complexity index is 1730. The Morgan fingerprint density at radius 2 is 1.81 bits per heavy atom. The van der Waals surface area contributed by atoms with Gasteiger partial charge in [0.15, 0.2) is 23.9 Å². The molecule has 4 rings (SSSR count). The lowest BCUT2D eigenvalue weighted by molar-refractivity contribution is -0.149. The normalized spacial score (nSPS) is 11.5. The fourth-order valence-electron chi connectivity index (χ4n) is 4.58. The summed E-state index contributed by atoms with van der Waals surface area (Å²) < 4.78 is 24.1. The van der Waals surface area contributed by atoms with E-state index in [1.54, 1.807) is 44.3 Å². The van der Waals surface area contributed by atoms with Crippen LogP contribution in [0.5, 0.6) is 17.2 Å². The van der Waals surface area contributed by atoms with E-state index in [1.165, 1.54) is 11.8 Å². The van der Waals surface area contributed by atoms with Crippen molar-refractivity contribution in [3.05, 3.63) is 80.0 Å². The van der Waals surface area contributed by atoms with E-state index in [0.29, 0.717) is 44.9 Å². The number of nitrogens with zero attached hydrogens (tertiary/aromatic N) is 3. The van der Waals surface area contributed by atoms with Crippen molar-refractivity contribution in [1.29, 1.82) is 0 Å². The molecule has 0 aliphatic rings. The van der Waals surface area contributed by atoms with Crippen molar-refractivity contribution < 1.29 is 23.7 Å².